The van der Waals surface area contributed by atoms with Gasteiger partial charge in [0.1, 0.15) is 0 Å². The van der Waals surface area contributed by atoms with Crippen molar-refractivity contribution in [1.29, 1.82) is 0 Å². The molecule has 1 heterocycles. The molecular weight excluding hydrogens is 374 g/mol. The Bertz CT molecular complexity index is 1030. The summed E-state index contributed by atoms with van der Waals surface area (Å²) in [6, 6.07) is 24.2. The van der Waals surface area contributed by atoms with Crippen molar-refractivity contribution in [3.05, 3.63) is 90.0 Å². The van der Waals surface area contributed by atoms with Crippen molar-refractivity contribution in [3.63, 3.8) is 0 Å². The van der Waals surface area contributed by atoms with Crippen LogP contribution in [0, 0.1) is 0 Å². The van der Waals surface area contributed by atoms with Crippen molar-refractivity contribution in [3.8, 4) is 0 Å². The van der Waals surface area contributed by atoms with Crippen molar-refractivity contribution in [2.75, 3.05) is 35.3 Å². The molecule has 1 aliphatic rings. The molecule has 0 bridgehead atoms. The molecule has 5 heteroatoms. The van der Waals surface area contributed by atoms with E-state index in [9.17, 15) is 9.59 Å². The summed E-state index contributed by atoms with van der Waals surface area (Å²) in [5.41, 5.74) is 3.64. The first-order chi connectivity index (χ1) is 14.6. The summed E-state index contributed by atoms with van der Waals surface area (Å²) in [7, 11) is 1.73. The van der Waals surface area contributed by atoms with Crippen molar-refractivity contribution in [2.24, 2.45) is 0 Å². The first-order valence-corrected chi connectivity index (χ1v) is 10.2. The Morgan fingerprint density at radius 1 is 0.833 bits per heavy atom. The van der Waals surface area contributed by atoms with Crippen molar-refractivity contribution in [1.82, 2.24) is 0 Å². The van der Waals surface area contributed by atoms with Crippen LogP contribution >= 0.6 is 0 Å². The molecule has 0 aromatic heterocycles. The summed E-state index contributed by atoms with van der Waals surface area (Å²) in [5, 5.41) is 2.92. The third-order valence-corrected chi connectivity index (χ3v) is 5.42. The first kappa shape index (κ1) is 19.7. The van der Waals surface area contributed by atoms with Crippen LogP contribution in [-0.4, -0.2) is 32.0 Å². The topological polar surface area (TPSA) is 52.7 Å². The van der Waals surface area contributed by atoms with Gasteiger partial charge < -0.3 is 15.1 Å². The van der Waals surface area contributed by atoms with Crippen LogP contribution in [0.1, 0.15) is 33.6 Å². The van der Waals surface area contributed by atoms with Gasteiger partial charge in [0.05, 0.1) is 0 Å². The Kier molecular flexibility index (Phi) is 5.80. The average Bonchev–Trinajstić information content (AvgIpc) is 3.34. The maximum Gasteiger partial charge on any atom is 0.258 e. The van der Waals surface area contributed by atoms with Crippen LogP contribution in [0.3, 0.4) is 0 Å². The number of nitrogens with zero attached hydrogens (tertiary/aromatic N) is 2. The van der Waals surface area contributed by atoms with Gasteiger partial charge in [-0.1, -0.05) is 24.3 Å². The zero-order valence-electron chi connectivity index (χ0n) is 17.0. The predicted octanol–water partition coefficient (Wildman–Crippen LogP) is 4.82. The number of anilines is 3. The van der Waals surface area contributed by atoms with E-state index in [-0.39, 0.29) is 11.8 Å². The predicted molar refractivity (Wildman–Crippen MR) is 121 cm³/mol. The summed E-state index contributed by atoms with van der Waals surface area (Å²) in [6.45, 7) is 2.17. The molecule has 2 amide bonds. The number of nitrogens with one attached hydrogen (secondary N) is 1. The highest BCUT2D eigenvalue weighted by Crippen LogP contribution is 2.22. The average molecular weight is 399 g/mol. The molecule has 5 nitrogen and oxygen atoms in total. The van der Waals surface area contributed by atoms with Gasteiger partial charge in [-0.2, -0.15) is 0 Å². The Morgan fingerprint density at radius 2 is 1.50 bits per heavy atom. The van der Waals surface area contributed by atoms with E-state index < -0.39 is 0 Å². The molecule has 1 N–H and O–H groups in total. The van der Waals surface area contributed by atoms with Crippen LogP contribution in [0.2, 0.25) is 0 Å². The highest BCUT2D eigenvalue weighted by Gasteiger charge is 2.16. The number of benzene rings is 3. The third kappa shape index (κ3) is 4.35. The van der Waals surface area contributed by atoms with Crippen LogP contribution < -0.4 is 15.1 Å². The second-order valence-corrected chi connectivity index (χ2v) is 7.48. The van der Waals surface area contributed by atoms with Crippen LogP contribution in [0.15, 0.2) is 78.9 Å². The number of amides is 2. The minimum Gasteiger partial charge on any atom is -0.372 e. The smallest absolute Gasteiger partial charge is 0.258 e. The second kappa shape index (κ2) is 8.82. The molecule has 4 rings (SSSR count). The van der Waals surface area contributed by atoms with Crippen LogP contribution in [-0.2, 0) is 0 Å². The standard InChI is InChI=1S/C25H25N3O2/c1-27(22-10-3-2-4-11-22)25(30)20-9-7-8-19(18-20)24(29)26-21-12-14-23(15-13-21)28-16-5-6-17-28/h2-4,7-15,18H,5-6,16-17H2,1H3,(H,26,29). The third-order valence-electron chi connectivity index (χ3n) is 5.42. The Hall–Kier alpha value is -3.60. The zero-order valence-corrected chi connectivity index (χ0v) is 17.0. The van der Waals surface area contributed by atoms with E-state index in [1.54, 1.807) is 36.2 Å². The lowest BCUT2D eigenvalue weighted by atomic mass is 10.1. The second-order valence-electron chi connectivity index (χ2n) is 7.48. The number of hydrogen-bond acceptors (Lipinski definition) is 3. The van der Waals surface area contributed by atoms with Crippen molar-refractivity contribution < 1.29 is 9.59 Å². The molecule has 0 radical (unpaired) electrons. The molecule has 3 aromatic carbocycles. The molecule has 0 atom stereocenters. The fourth-order valence-corrected chi connectivity index (χ4v) is 3.69. The van der Waals surface area contributed by atoms with Crippen molar-refractivity contribution >= 4 is 28.9 Å². The first-order valence-electron chi connectivity index (χ1n) is 10.2. The van der Waals surface area contributed by atoms with E-state index in [0.29, 0.717) is 11.1 Å². The minimum absolute atomic E-state index is 0.161. The van der Waals surface area contributed by atoms with Gasteiger partial charge >= 0.3 is 0 Å². The maximum absolute atomic E-state index is 12.8. The molecule has 152 valence electrons. The summed E-state index contributed by atoms with van der Waals surface area (Å²) in [6.07, 6.45) is 2.46. The normalized spacial score (nSPS) is 13.2. The maximum atomic E-state index is 12.8. The molecule has 1 saturated heterocycles. The van der Waals surface area contributed by atoms with E-state index in [0.717, 1.165) is 24.5 Å². The molecule has 3 aromatic rings. The Labute approximate surface area is 176 Å². The van der Waals surface area contributed by atoms with Crippen LogP contribution in [0.25, 0.3) is 0 Å². The van der Waals surface area contributed by atoms with Gasteiger partial charge in [-0.3, -0.25) is 9.59 Å². The highest BCUT2D eigenvalue weighted by molar-refractivity contribution is 6.09. The van der Waals surface area contributed by atoms with Gasteiger partial charge in [0.15, 0.2) is 0 Å². The van der Waals surface area contributed by atoms with Gasteiger partial charge in [0.25, 0.3) is 11.8 Å². The van der Waals surface area contributed by atoms with Crippen molar-refractivity contribution in [2.45, 2.75) is 12.8 Å². The van der Waals surface area contributed by atoms with Gasteiger partial charge in [0.2, 0.25) is 0 Å². The highest BCUT2D eigenvalue weighted by atomic mass is 16.2. The zero-order chi connectivity index (χ0) is 20.9. The monoisotopic (exact) mass is 399 g/mol. The van der Waals surface area contributed by atoms with Gasteiger partial charge in [0, 0.05) is 48.3 Å². The number of carbonyl (C=O) groups excluding carboxylic acids is 2. The summed E-state index contributed by atoms with van der Waals surface area (Å²) in [5.74, 6) is -0.397. The lowest BCUT2D eigenvalue weighted by Crippen LogP contribution is -2.26. The number of rotatable bonds is 5. The van der Waals surface area contributed by atoms with E-state index in [1.165, 1.54) is 18.5 Å². The molecule has 0 unspecified atom stereocenters. The molecule has 0 spiro atoms. The van der Waals surface area contributed by atoms with Crippen LogP contribution in [0.5, 0.6) is 0 Å². The van der Waals surface area contributed by atoms with E-state index in [2.05, 4.69) is 10.2 Å². The SMILES string of the molecule is CN(C(=O)c1cccc(C(=O)Nc2ccc(N3CCCC3)cc2)c1)c1ccccc1. The lowest BCUT2D eigenvalue weighted by molar-refractivity contribution is 0.0993. The number of hydrogen-bond donors (Lipinski definition) is 1. The van der Waals surface area contributed by atoms with Gasteiger partial charge in [-0.25, -0.2) is 0 Å². The molecule has 0 aliphatic carbocycles. The largest absolute Gasteiger partial charge is 0.372 e. The number of carbonyl (C=O) groups is 2. The van der Waals surface area contributed by atoms with E-state index in [4.69, 9.17) is 0 Å². The van der Waals surface area contributed by atoms with E-state index in [1.807, 2.05) is 54.6 Å². The Balaban J connectivity index is 1.45. The number of para-hydroxylation sites is 1. The Morgan fingerprint density at radius 3 is 2.20 bits per heavy atom. The minimum atomic E-state index is -0.235. The fourth-order valence-electron chi connectivity index (χ4n) is 3.69. The van der Waals surface area contributed by atoms with Gasteiger partial charge in [-0.15, -0.1) is 0 Å². The summed E-state index contributed by atoms with van der Waals surface area (Å²) < 4.78 is 0. The lowest BCUT2D eigenvalue weighted by Gasteiger charge is -2.18. The molecule has 1 aliphatic heterocycles. The van der Waals surface area contributed by atoms with Gasteiger partial charge in [-0.05, 0) is 67.4 Å². The summed E-state index contributed by atoms with van der Waals surface area (Å²) >= 11 is 0. The van der Waals surface area contributed by atoms with Crippen LogP contribution in [0.4, 0.5) is 17.1 Å². The van der Waals surface area contributed by atoms with E-state index >= 15 is 0 Å². The molecule has 0 saturated carbocycles. The molecular formula is C25H25N3O2. The fraction of sp³-hybridized carbons (Fsp3) is 0.200. The quantitative estimate of drug-likeness (QED) is 0.669. The molecule has 1 fully saturated rings. The molecule has 30 heavy (non-hydrogen) atoms. The summed E-state index contributed by atoms with van der Waals surface area (Å²) in [4.78, 5) is 29.5.